The number of nitrogens with one attached hydrogen (secondary N) is 1. The first kappa shape index (κ1) is 10.0. The molecule has 0 radical (unpaired) electrons. The Kier molecular flexibility index (Phi) is 4.62. The Bertz CT molecular complexity index is 106. The second-order valence-corrected chi connectivity index (χ2v) is 3.79. The molecule has 0 heterocycles. The number of hydrogen-bond acceptors (Lipinski definition) is 2. The van der Waals surface area contributed by atoms with Gasteiger partial charge in [0, 0.05) is 13.2 Å². The normalized spacial score (nSPS) is 19.5. The van der Waals surface area contributed by atoms with Gasteiger partial charge in [-0.15, -0.1) is 0 Å². The molecule has 1 fully saturated rings. The molecule has 0 bridgehead atoms. The van der Waals surface area contributed by atoms with Crippen LogP contribution in [0.25, 0.3) is 0 Å². The lowest BCUT2D eigenvalue weighted by Gasteiger charge is -2.16. The monoisotopic (exact) mass is 171 g/mol. The first-order valence-electron chi connectivity index (χ1n) is 5.09. The van der Waals surface area contributed by atoms with E-state index in [0.717, 1.165) is 12.5 Å². The molecule has 1 saturated carbocycles. The van der Waals surface area contributed by atoms with E-state index < -0.39 is 0 Å². The van der Waals surface area contributed by atoms with Crippen LogP contribution in [0, 0.1) is 5.92 Å². The molecule has 2 heteroatoms. The second kappa shape index (κ2) is 5.55. The zero-order valence-corrected chi connectivity index (χ0v) is 8.31. The third kappa shape index (κ3) is 4.07. The van der Waals surface area contributed by atoms with Crippen molar-refractivity contribution in [2.24, 2.45) is 5.92 Å². The molecular formula is C10H21NO. The lowest BCUT2D eigenvalue weighted by molar-refractivity contribution is 0.161. The van der Waals surface area contributed by atoms with Gasteiger partial charge in [0.05, 0.1) is 6.61 Å². The number of hydrogen-bond donors (Lipinski definition) is 1. The van der Waals surface area contributed by atoms with Crippen LogP contribution in [0.3, 0.4) is 0 Å². The predicted octanol–water partition coefficient (Wildman–Crippen LogP) is 1.80. The fourth-order valence-corrected chi connectivity index (χ4v) is 1.45. The third-order valence-corrected chi connectivity index (χ3v) is 2.40. The zero-order valence-electron chi connectivity index (χ0n) is 8.31. The smallest absolute Gasteiger partial charge is 0.0615 e. The van der Waals surface area contributed by atoms with Gasteiger partial charge in [-0.05, 0) is 31.7 Å². The van der Waals surface area contributed by atoms with Gasteiger partial charge < -0.3 is 10.1 Å². The summed E-state index contributed by atoms with van der Waals surface area (Å²) in [6.45, 7) is 4.29. The SMILES string of the molecule is CCCC(COC)NCC1CC1. The molecule has 1 unspecified atom stereocenters. The summed E-state index contributed by atoms with van der Waals surface area (Å²) in [4.78, 5) is 0. The maximum atomic E-state index is 5.15. The van der Waals surface area contributed by atoms with Crippen molar-refractivity contribution in [3.63, 3.8) is 0 Å². The van der Waals surface area contributed by atoms with Gasteiger partial charge in [-0.3, -0.25) is 0 Å². The van der Waals surface area contributed by atoms with Crippen LogP contribution in [-0.4, -0.2) is 26.3 Å². The van der Waals surface area contributed by atoms with Gasteiger partial charge in [-0.25, -0.2) is 0 Å². The molecule has 0 spiro atoms. The number of methoxy groups -OCH3 is 1. The van der Waals surface area contributed by atoms with Gasteiger partial charge in [0.1, 0.15) is 0 Å². The average molecular weight is 171 g/mol. The third-order valence-electron chi connectivity index (χ3n) is 2.40. The molecule has 1 N–H and O–H groups in total. The van der Waals surface area contributed by atoms with Gasteiger partial charge in [0.25, 0.3) is 0 Å². The van der Waals surface area contributed by atoms with Crippen LogP contribution in [0.2, 0.25) is 0 Å². The second-order valence-electron chi connectivity index (χ2n) is 3.79. The quantitative estimate of drug-likeness (QED) is 0.630. The first-order valence-corrected chi connectivity index (χ1v) is 5.09. The number of rotatable bonds is 7. The summed E-state index contributed by atoms with van der Waals surface area (Å²) in [5.74, 6) is 0.973. The molecule has 0 aliphatic heterocycles. The van der Waals surface area contributed by atoms with Gasteiger partial charge in [-0.2, -0.15) is 0 Å². The van der Waals surface area contributed by atoms with E-state index in [-0.39, 0.29) is 0 Å². The van der Waals surface area contributed by atoms with E-state index in [2.05, 4.69) is 12.2 Å². The molecule has 0 aromatic carbocycles. The predicted molar refractivity (Wildman–Crippen MR) is 51.3 cm³/mol. The summed E-state index contributed by atoms with van der Waals surface area (Å²) in [5, 5.41) is 3.56. The van der Waals surface area contributed by atoms with Crippen LogP contribution in [0.4, 0.5) is 0 Å². The standard InChI is InChI=1S/C10H21NO/c1-3-4-10(8-12-2)11-7-9-5-6-9/h9-11H,3-8H2,1-2H3. The van der Waals surface area contributed by atoms with Crippen molar-refractivity contribution in [2.45, 2.75) is 38.6 Å². The lowest BCUT2D eigenvalue weighted by atomic mass is 10.2. The summed E-state index contributed by atoms with van der Waals surface area (Å²) in [5.41, 5.74) is 0. The van der Waals surface area contributed by atoms with Crippen LogP contribution in [0.15, 0.2) is 0 Å². The zero-order chi connectivity index (χ0) is 8.81. The minimum absolute atomic E-state index is 0.584. The average Bonchev–Trinajstić information content (AvgIpc) is 2.84. The van der Waals surface area contributed by atoms with E-state index in [4.69, 9.17) is 4.74 Å². The van der Waals surface area contributed by atoms with Crippen LogP contribution >= 0.6 is 0 Å². The van der Waals surface area contributed by atoms with Crippen molar-refractivity contribution in [1.29, 1.82) is 0 Å². The molecule has 0 amide bonds. The summed E-state index contributed by atoms with van der Waals surface area (Å²) >= 11 is 0. The summed E-state index contributed by atoms with van der Waals surface area (Å²) < 4.78 is 5.15. The Morgan fingerprint density at radius 3 is 2.75 bits per heavy atom. The molecule has 72 valence electrons. The number of ether oxygens (including phenoxy) is 1. The highest BCUT2D eigenvalue weighted by Gasteiger charge is 2.21. The molecule has 0 aromatic heterocycles. The van der Waals surface area contributed by atoms with Crippen molar-refractivity contribution in [3.8, 4) is 0 Å². The fourth-order valence-electron chi connectivity index (χ4n) is 1.45. The highest BCUT2D eigenvalue weighted by Crippen LogP contribution is 2.27. The van der Waals surface area contributed by atoms with Crippen LogP contribution in [-0.2, 0) is 4.74 Å². The highest BCUT2D eigenvalue weighted by atomic mass is 16.5. The summed E-state index contributed by atoms with van der Waals surface area (Å²) in [6, 6.07) is 0.584. The lowest BCUT2D eigenvalue weighted by Crippen LogP contribution is -2.34. The maximum absolute atomic E-state index is 5.15. The molecule has 2 nitrogen and oxygen atoms in total. The van der Waals surface area contributed by atoms with Crippen molar-refractivity contribution in [1.82, 2.24) is 5.32 Å². The highest BCUT2D eigenvalue weighted by molar-refractivity contribution is 4.77. The van der Waals surface area contributed by atoms with Crippen molar-refractivity contribution < 1.29 is 4.74 Å². The molecule has 1 rings (SSSR count). The summed E-state index contributed by atoms with van der Waals surface area (Å²) in [6.07, 6.45) is 5.34. The van der Waals surface area contributed by atoms with Gasteiger partial charge >= 0.3 is 0 Å². The van der Waals surface area contributed by atoms with E-state index in [1.807, 2.05) is 0 Å². The Balaban J connectivity index is 2.03. The van der Waals surface area contributed by atoms with Crippen molar-refractivity contribution in [3.05, 3.63) is 0 Å². The van der Waals surface area contributed by atoms with E-state index in [9.17, 15) is 0 Å². The van der Waals surface area contributed by atoms with E-state index >= 15 is 0 Å². The van der Waals surface area contributed by atoms with Crippen LogP contribution in [0.1, 0.15) is 32.6 Å². The molecular weight excluding hydrogens is 150 g/mol. The fraction of sp³-hybridized carbons (Fsp3) is 1.00. The van der Waals surface area contributed by atoms with Gasteiger partial charge in [0.15, 0.2) is 0 Å². The molecule has 0 aromatic rings. The van der Waals surface area contributed by atoms with E-state index in [1.165, 1.54) is 32.2 Å². The topological polar surface area (TPSA) is 21.3 Å². The minimum atomic E-state index is 0.584. The van der Waals surface area contributed by atoms with Crippen LogP contribution < -0.4 is 5.32 Å². The summed E-state index contributed by atoms with van der Waals surface area (Å²) in [7, 11) is 1.78. The minimum Gasteiger partial charge on any atom is -0.383 e. The molecule has 0 saturated heterocycles. The van der Waals surface area contributed by atoms with E-state index in [1.54, 1.807) is 7.11 Å². The Hall–Kier alpha value is -0.0800. The molecule has 1 atom stereocenters. The van der Waals surface area contributed by atoms with Crippen molar-refractivity contribution in [2.75, 3.05) is 20.3 Å². The Morgan fingerprint density at radius 2 is 2.25 bits per heavy atom. The first-order chi connectivity index (χ1) is 5.86. The largest absolute Gasteiger partial charge is 0.383 e. The Morgan fingerprint density at radius 1 is 1.50 bits per heavy atom. The Labute approximate surface area is 75.7 Å². The van der Waals surface area contributed by atoms with Crippen LogP contribution in [0.5, 0.6) is 0 Å². The maximum Gasteiger partial charge on any atom is 0.0615 e. The van der Waals surface area contributed by atoms with Gasteiger partial charge in [0.2, 0.25) is 0 Å². The molecule has 1 aliphatic rings. The molecule has 1 aliphatic carbocycles. The van der Waals surface area contributed by atoms with Gasteiger partial charge in [-0.1, -0.05) is 13.3 Å². The molecule has 12 heavy (non-hydrogen) atoms. The van der Waals surface area contributed by atoms with Crippen molar-refractivity contribution >= 4 is 0 Å². The van der Waals surface area contributed by atoms with E-state index in [0.29, 0.717) is 6.04 Å².